The van der Waals surface area contributed by atoms with Crippen LogP contribution in [0.15, 0.2) is 65.3 Å². The van der Waals surface area contributed by atoms with Gasteiger partial charge in [0.05, 0.1) is 26.1 Å². The summed E-state index contributed by atoms with van der Waals surface area (Å²) >= 11 is 3.36. The molecule has 0 atom stereocenters. The van der Waals surface area contributed by atoms with Gasteiger partial charge in [-0.2, -0.15) is 0 Å². The maximum absolute atomic E-state index is 12.5. The largest absolute Gasteiger partial charge is 0.496 e. The number of urea groups is 1. The first-order valence-corrected chi connectivity index (χ1v) is 9.52. The predicted molar refractivity (Wildman–Crippen MR) is 114 cm³/mol. The van der Waals surface area contributed by atoms with Crippen molar-refractivity contribution in [2.24, 2.45) is 0 Å². The van der Waals surface area contributed by atoms with Crippen molar-refractivity contribution >= 4 is 33.6 Å². The summed E-state index contributed by atoms with van der Waals surface area (Å²) in [5.74, 6) is 0.898. The van der Waals surface area contributed by atoms with Crippen molar-refractivity contribution < 1.29 is 23.8 Å². The lowest BCUT2D eigenvalue weighted by Crippen LogP contribution is -2.34. The van der Waals surface area contributed by atoms with E-state index in [4.69, 9.17) is 14.2 Å². The average Bonchev–Trinajstić information content (AvgIpc) is 2.75. The van der Waals surface area contributed by atoms with Gasteiger partial charge in [0.1, 0.15) is 22.8 Å². The van der Waals surface area contributed by atoms with Crippen LogP contribution in [0.5, 0.6) is 23.1 Å². The number of methoxy groups -OCH3 is 2. The van der Waals surface area contributed by atoms with Gasteiger partial charge in [0.15, 0.2) is 0 Å². The van der Waals surface area contributed by atoms with Gasteiger partial charge in [0.2, 0.25) is 5.88 Å². The number of carbonyl (C=O) groups excluding carboxylic acids is 2. The lowest BCUT2D eigenvalue weighted by atomic mass is 10.1. The third-order valence-electron chi connectivity index (χ3n) is 3.91. The van der Waals surface area contributed by atoms with Gasteiger partial charge in [-0.25, -0.2) is 9.78 Å². The second kappa shape index (κ2) is 9.75. The highest BCUT2D eigenvalue weighted by atomic mass is 79.9. The van der Waals surface area contributed by atoms with Crippen LogP contribution >= 0.6 is 15.9 Å². The molecular formula is C21H18BrN3O5. The molecule has 0 saturated carbocycles. The number of aromatic nitrogens is 1. The van der Waals surface area contributed by atoms with Gasteiger partial charge in [-0.05, 0) is 42.5 Å². The second-order valence-electron chi connectivity index (χ2n) is 5.89. The zero-order valence-corrected chi connectivity index (χ0v) is 17.7. The van der Waals surface area contributed by atoms with Gasteiger partial charge in [-0.1, -0.05) is 22.0 Å². The van der Waals surface area contributed by atoms with Crippen LogP contribution in [0.3, 0.4) is 0 Å². The number of hydrogen-bond acceptors (Lipinski definition) is 6. The fourth-order valence-electron chi connectivity index (χ4n) is 2.54. The van der Waals surface area contributed by atoms with E-state index >= 15 is 0 Å². The molecule has 154 valence electrons. The van der Waals surface area contributed by atoms with Crippen molar-refractivity contribution in [3.63, 3.8) is 0 Å². The molecule has 0 spiro atoms. The normalized spacial score (nSPS) is 10.1. The van der Waals surface area contributed by atoms with Crippen molar-refractivity contribution in [1.82, 2.24) is 10.3 Å². The molecule has 3 amide bonds. The Kier molecular flexibility index (Phi) is 6.87. The molecule has 0 aliphatic carbocycles. The van der Waals surface area contributed by atoms with Crippen LogP contribution in [0, 0.1) is 0 Å². The highest BCUT2D eigenvalue weighted by Gasteiger charge is 2.20. The molecule has 0 bridgehead atoms. The molecule has 0 fully saturated rings. The van der Waals surface area contributed by atoms with Crippen molar-refractivity contribution in [1.29, 1.82) is 0 Å². The number of benzene rings is 2. The first-order valence-electron chi connectivity index (χ1n) is 8.73. The molecule has 9 heteroatoms. The van der Waals surface area contributed by atoms with Gasteiger partial charge in [-0.3, -0.25) is 10.1 Å². The Balaban J connectivity index is 1.62. The van der Waals surface area contributed by atoms with E-state index < -0.39 is 11.9 Å². The summed E-state index contributed by atoms with van der Waals surface area (Å²) in [6, 6.07) is 14.7. The van der Waals surface area contributed by atoms with Gasteiger partial charge in [0, 0.05) is 10.5 Å². The minimum absolute atomic E-state index is 0.119. The Bertz CT molecular complexity index is 1020. The van der Waals surface area contributed by atoms with Crippen LogP contribution in [-0.2, 0) is 0 Å². The molecule has 3 rings (SSSR count). The number of hydrogen-bond donors (Lipinski definition) is 2. The first-order chi connectivity index (χ1) is 14.5. The van der Waals surface area contributed by atoms with Crippen LogP contribution in [0.25, 0.3) is 0 Å². The van der Waals surface area contributed by atoms with E-state index in [1.54, 1.807) is 42.5 Å². The van der Waals surface area contributed by atoms with E-state index in [1.165, 1.54) is 20.4 Å². The van der Waals surface area contributed by atoms with E-state index in [-0.39, 0.29) is 17.1 Å². The van der Waals surface area contributed by atoms with Crippen LogP contribution < -0.4 is 24.8 Å². The quantitative estimate of drug-likeness (QED) is 0.544. The van der Waals surface area contributed by atoms with Crippen molar-refractivity contribution in [3.05, 3.63) is 70.8 Å². The summed E-state index contributed by atoms with van der Waals surface area (Å²) in [5, 5.41) is 4.78. The number of nitrogens with zero attached hydrogens (tertiary/aromatic N) is 1. The highest BCUT2D eigenvalue weighted by Crippen LogP contribution is 2.28. The number of pyridine rings is 1. The SMILES string of the molecule is COc1cccc(OC)c1C(=O)NC(=O)Nc1ccc(Oc2ccc(Br)cc2)nc1. The zero-order valence-electron chi connectivity index (χ0n) is 16.1. The lowest BCUT2D eigenvalue weighted by Gasteiger charge is -2.13. The molecule has 3 aromatic rings. The van der Waals surface area contributed by atoms with E-state index in [2.05, 4.69) is 31.5 Å². The molecule has 0 aliphatic rings. The summed E-state index contributed by atoms with van der Waals surface area (Å²) in [6.07, 6.45) is 1.42. The Morgan fingerprint density at radius 2 is 1.60 bits per heavy atom. The topological polar surface area (TPSA) is 98.8 Å². The number of halogens is 1. The third kappa shape index (κ3) is 5.26. The highest BCUT2D eigenvalue weighted by molar-refractivity contribution is 9.10. The van der Waals surface area contributed by atoms with Gasteiger partial charge in [0.25, 0.3) is 5.91 Å². The minimum atomic E-state index is -0.726. The van der Waals surface area contributed by atoms with E-state index in [1.807, 2.05) is 12.1 Å². The van der Waals surface area contributed by atoms with Gasteiger partial charge >= 0.3 is 6.03 Å². The average molecular weight is 472 g/mol. The van der Waals surface area contributed by atoms with Gasteiger partial charge < -0.3 is 19.5 Å². The van der Waals surface area contributed by atoms with Crippen LogP contribution in [0.2, 0.25) is 0 Å². The zero-order chi connectivity index (χ0) is 21.5. The molecule has 0 saturated heterocycles. The standard InChI is InChI=1S/C21H18BrN3O5/c1-28-16-4-3-5-17(29-2)19(16)20(26)25-21(27)24-14-8-11-18(23-12-14)30-15-9-6-13(22)7-10-15/h3-12H,1-2H3,(H2,24,25,26,27). The molecule has 8 nitrogen and oxygen atoms in total. The maximum Gasteiger partial charge on any atom is 0.326 e. The van der Waals surface area contributed by atoms with E-state index in [0.717, 1.165) is 4.47 Å². The second-order valence-corrected chi connectivity index (χ2v) is 6.80. The number of ether oxygens (including phenoxy) is 3. The molecule has 0 radical (unpaired) electrons. The summed E-state index contributed by atoms with van der Waals surface area (Å²) in [7, 11) is 2.85. The summed E-state index contributed by atoms with van der Waals surface area (Å²) in [5.41, 5.74) is 0.504. The van der Waals surface area contributed by atoms with Crippen molar-refractivity contribution in [2.45, 2.75) is 0 Å². The lowest BCUT2D eigenvalue weighted by molar-refractivity contribution is 0.0961. The molecule has 0 aliphatic heterocycles. The number of anilines is 1. The third-order valence-corrected chi connectivity index (χ3v) is 4.44. The summed E-state index contributed by atoms with van der Waals surface area (Å²) < 4.78 is 16.9. The molecule has 0 unspecified atom stereocenters. The van der Waals surface area contributed by atoms with Crippen molar-refractivity contribution in [2.75, 3.05) is 19.5 Å². The smallest absolute Gasteiger partial charge is 0.326 e. The van der Waals surface area contributed by atoms with Crippen molar-refractivity contribution in [3.8, 4) is 23.1 Å². The van der Waals surface area contributed by atoms with E-state index in [9.17, 15) is 9.59 Å². The molecule has 30 heavy (non-hydrogen) atoms. The molecular weight excluding hydrogens is 454 g/mol. The van der Waals surface area contributed by atoms with Crippen LogP contribution in [0.4, 0.5) is 10.5 Å². The molecule has 2 N–H and O–H groups in total. The van der Waals surface area contributed by atoms with Crippen LogP contribution in [-0.4, -0.2) is 31.1 Å². The first kappa shape index (κ1) is 21.1. The summed E-state index contributed by atoms with van der Waals surface area (Å²) in [6.45, 7) is 0. The maximum atomic E-state index is 12.5. The predicted octanol–water partition coefficient (Wildman–Crippen LogP) is 4.62. The number of rotatable bonds is 6. The Morgan fingerprint density at radius 1 is 0.933 bits per heavy atom. The summed E-state index contributed by atoms with van der Waals surface area (Å²) in [4.78, 5) is 28.9. The number of amides is 3. The number of nitrogens with one attached hydrogen (secondary N) is 2. The monoisotopic (exact) mass is 471 g/mol. The number of carbonyl (C=O) groups is 2. The molecule has 1 heterocycles. The molecule has 1 aromatic heterocycles. The fraction of sp³-hybridized carbons (Fsp3) is 0.0952. The van der Waals surface area contributed by atoms with Crippen LogP contribution in [0.1, 0.15) is 10.4 Å². The van der Waals surface area contributed by atoms with Gasteiger partial charge in [-0.15, -0.1) is 0 Å². The van der Waals surface area contributed by atoms with E-state index in [0.29, 0.717) is 17.3 Å². The Morgan fingerprint density at radius 3 is 2.17 bits per heavy atom. The fourth-order valence-corrected chi connectivity index (χ4v) is 2.81. The Labute approximate surface area is 181 Å². The Hall–Kier alpha value is -3.59. The minimum Gasteiger partial charge on any atom is -0.496 e. The molecule has 2 aromatic carbocycles. The number of imide groups is 1.